The predicted molar refractivity (Wildman–Crippen MR) is 112 cm³/mol. The van der Waals surface area contributed by atoms with Crippen molar-refractivity contribution < 1.29 is 4.79 Å². The number of ketones is 1. The molecule has 0 aliphatic heterocycles. The predicted octanol–water partition coefficient (Wildman–Crippen LogP) is 5.96. The van der Waals surface area contributed by atoms with Crippen molar-refractivity contribution >= 4 is 43.2 Å². The first kappa shape index (κ1) is 20.9. The number of aryl methyl sites for hydroxylation is 1. The molecule has 0 aliphatic rings. The van der Waals surface area contributed by atoms with E-state index < -0.39 is 18.4 Å². The molecule has 0 amide bonds. The summed E-state index contributed by atoms with van der Waals surface area (Å²) >= 11 is -0.526. The van der Waals surface area contributed by atoms with E-state index >= 15 is 0 Å². The monoisotopic (exact) mass is 470 g/mol. The van der Waals surface area contributed by atoms with E-state index in [0.29, 0.717) is 5.69 Å². The van der Waals surface area contributed by atoms with Crippen molar-refractivity contribution in [1.29, 1.82) is 0 Å². The van der Waals surface area contributed by atoms with Gasteiger partial charge in [0.25, 0.3) is 0 Å². The molecule has 25 heavy (non-hydrogen) atoms. The Morgan fingerprint density at radius 2 is 1.60 bits per heavy atom. The van der Waals surface area contributed by atoms with Crippen LogP contribution >= 0.6 is 11.3 Å². The van der Waals surface area contributed by atoms with Gasteiger partial charge in [0.05, 0.1) is 0 Å². The molecule has 3 nitrogen and oxygen atoms in total. The third-order valence-corrected chi connectivity index (χ3v) is 25.3. The van der Waals surface area contributed by atoms with Crippen molar-refractivity contribution in [2.45, 2.75) is 86.5 Å². The first-order chi connectivity index (χ1) is 12.0. The second-order valence-corrected chi connectivity index (χ2v) is 22.5. The number of nitrogens with zero attached hydrogens (tertiary/aromatic N) is 2. The van der Waals surface area contributed by atoms with Gasteiger partial charge >= 0.3 is 162 Å². The number of carbonyl (C=O) groups excluding carboxylic acids is 1. The Morgan fingerprint density at radius 3 is 2.04 bits per heavy atom. The Morgan fingerprint density at radius 1 is 1.08 bits per heavy atom. The van der Waals surface area contributed by atoms with E-state index in [1.54, 1.807) is 9.82 Å². The Bertz CT molecular complexity index is 682. The number of rotatable bonds is 11. The summed E-state index contributed by atoms with van der Waals surface area (Å²) in [4.78, 5) is 17.4. The number of carbonyl (C=O) groups is 1. The Kier molecular flexibility index (Phi) is 7.99. The van der Waals surface area contributed by atoms with Gasteiger partial charge in [0.2, 0.25) is 0 Å². The van der Waals surface area contributed by atoms with Crippen molar-refractivity contribution in [3.05, 3.63) is 17.7 Å². The van der Waals surface area contributed by atoms with E-state index in [0.717, 1.165) is 4.83 Å². The van der Waals surface area contributed by atoms with E-state index in [-0.39, 0.29) is 5.78 Å². The molecule has 2 rings (SSSR count). The van der Waals surface area contributed by atoms with Crippen LogP contribution in [0.15, 0.2) is 6.33 Å². The fourth-order valence-corrected chi connectivity index (χ4v) is 25.4. The standard InChI is InChI=1S/C8H7N2OS.3C4H9.Sn/c1-5-3-12-8-7(6(2)11)9-4-10(5)8;3*1-3-4-2;/h4H,1-2H3;3*1,3-4H2,2H3;. The zero-order chi connectivity index (χ0) is 18.4. The molecule has 0 aromatic carbocycles. The van der Waals surface area contributed by atoms with Crippen LogP contribution in [0.4, 0.5) is 0 Å². The topological polar surface area (TPSA) is 34.4 Å². The number of imidazole rings is 1. The van der Waals surface area contributed by atoms with E-state index in [9.17, 15) is 4.79 Å². The van der Waals surface area contributed by atoms with Crippen molar-refractivity contribution in [2.75, 3.05) is 0 Å². The van der Waals surface area contributed by atoms with Gasteiger partial charge in [-0.25, -0.2) is 0 Å². The molecule has 0 saturated heterocycles. The van der Waals surface area contributed by atoms with Crippen LogP contribution in [0.25, 0.3) is 4.83 Å². The first-order valence-electron chi connectivity index (χ1n) is 9.98. The van der Waals surface area contributed by atoms with Gasteiger partial charge < -0.3 is 0 Å². The zero-order valence-corrected chi connectivity index (χ0v) is 20.3. The number of aromatic nitrogens is 2. The zero-order valence-electron chi connectivity index (χ0n) is 16.7. The van der Waals surface area contributed by atoms with E-state index in [2.05, 4.69) is 37.1 Å². The van der Waals surface area contributed by atoms with E-state index in [4.69, 9.17) is 0 Å². The molecule has 0 atom stereocenters. The summed E-state index contributed by atoms with van der Waals surface area (Å²) in [6.45, 7) is 10.9. The summed E-state index contributed by atoms with van der Waals surface area (Å²) in [5.41, 5.74) is 2.06. The molecule has 2 aromatic heterocycles. The molecule has 2 aromatic rings. The van der Waals surface area contributed by atoms with Crippen molar-refractivity contribution in [2.24, 2.45) is 0 Å². The van der Waals surface area contributed by atoms with Gasteiger partial charge in [-0.2, -0.15) is 0 Å². The van der Waals surface area contributed by atoms with Crippen LogP contribution in [0, 0.1) is 6.92 Å². The van der Waals surface area contributed by atoms with Crippen molar-refractivity contribution in [1.82, 2.24) is 9.38 Å². The van der Waals surface area contributed by atoms with Crippen molar-refractivity contribution in [3.63, 3.8) is 0 Å². The van der Waals surface area contributed by atoms with E-state index in [1.165, 1.54) is 57.5 Å². The Labute approximate surface area is 161 Å². The number of thiazole rings is 1. The van der Waals surface area contributed by atoms with Crippen molar-refractivity contribution in [3.8, 4) is 0 Å². The van der Waals surface area contributed by atoms with Crippen LogP contribution < -0.4 is 2.89 Å². The molecule has 0 saturated carbocycles. The van der Waals surface area contributed by atoms with Gasteiger partial charge in [0.15, 0.2) is 0 Å². The maximum atomic E-state index is 12.0. The number of Topliss-reactive ketones (excluding diaryl/α,β-unsaturated/α-hetero) is 1. The molecule has 2 heterocycles. The van der Waals surface area contributed by atoms with Gasteiger partial charge in [-0.1, -0.05) is 0 Å². The van der Waals surface area contributed by atoms with Crippen LogP contribution in [-0.2, 0) is 0 Å². The van der Waals surface area contributed by atoms with Crippen LogP contribution in [0.5, 0.6) is 0 Å². The molecule has 0 fully saturated rings. The normalized spacial score (nSPS) is 12.2. The molecule has 0 spiro atoms. The fourth-order valence-electron chi connectivity index (χ4n) is 3.95. The Balaban J connectivity index is 2.55. The van der Waals surface area contributed by atoms with Gasteiger partial charge in [-0.05, 0) is 0 Å². The first-order valence-corrected chi connectivity index (χ1v) is 18.3. The summed E-state index contributed by atoms with van der Waals surface area (Å²) in [6, 6.07) is 0. The van der Waals surface area contributed by atoms with Crippen LogP contribution in [0.1, 0.15) is 82.4 Å². The summed E-state index contributed by atoms with van der Waals surface area (Å²) in [7, 11) is 0. The minimum absolute atomic E-state index is 0.0896. The molecular weight excluding hydrogens is 435 g/mol. The number of fused-ring (bicyclic) bond motifs is 1. The van der Waals surface area contributed by atoms with Crippen LogP contribution in [0.3, 0.4) is 0 Å². The van der Waals surface area contributed by atoms with Gasteiger partial charge in [0, 0.05) is 0 Å². The number of unbranched alkanes of at least 4 members (excludes halogenated alkanes) is 3. The fraction of sp³-hybridized carbons (Fsp3) is 0.700. The van der Waals surface area contributed by atoms with Gasteiger partial charge in [-0.3, -0.25) is 0 Å². The molecule has 0 radical (unpaired) electrons. The average molecular weight is 469 g/mol. The molecule has 0 N–H and O–H groups in total. The summed E-state index contributed by atoms with van der Waals surface area (Å²) in [6.07, 6.45) is 9.85. The molecular formula is C20H34N2OSSn. The molecule has 0 unspecified atom stereocenters. The summed E-state index contributed by atoms with van der Waals surface area (Å²) in [5.74, 6) is 0.0896. The summed E-state index contributed by atoms with van der Waals surface area (Å²) < 4.78 is 8.33. The second kappa shape index (κ2) is 9.54. The quantitative estimate of drug-likeness (QED) is 0.301. The molecule has 0 bridgehead atoms. The third kappa shape index (κ3) is 4.49. The van der Waals surface area contributed by atoms with Crippen LogP contribution in [0.2, 0.25) is 13.3 Å². The minimum atomic E-state index is -2.44. The van der Waals surface area contributed by atoms with Gasteiger partial charge in [0.1, 0.15) is 0 Å². The summed E-state index contributed by atoms with van der Waals surface area (Å²) in [5, 5.41) is 0. The molecule has 0 aliphatic carbocycles. The number of hydrogen-bond donors (Lipinski definition) is 0. The third-order valence-electron chi connectivity index (χ3n) is 5.45. The SMILES string of the molecule is CCC[CH2][Sn]([CH2]CCC)([CH2]CCC)[c]1sc2c(C(C)=O)ncn2c1C. The second-order valence-electron chi connectivity index (χ2n) is 7.43. The molecule has 140 valence electrons. The van der Waals surface area contributed by atoms with Gasteiger partial charge in [-0.15, -0.1) is 0 Å². The maximum absolute atomic E-state index is 12.0. The van der Waals surface area contributed by atoms with Crippen LogP contribution in [-0.4, -0.2) is 33.5 Å². The number of hydrogen-bond acceptors (Lipinski definition) is 3. The Hall–Kier alpha value is -0.361. The molecule has 5 heteroatoms. The van der Waals surface area contributed by atoms with E-state index in [1.807, 2.05) is 17.7 Å². The average Bonchev–Trinajstić information content (AvgIpc) is 3.16.